The van der Waals surface area contributed by atoms with Crippen LogP contribution < -0.4 is 10.5 Å². The van der Waals surface area contributed by atoms with Crippen LogP contribution in [0, 0.1) is 6.42 Å². The van der Waals surface area contributed by atoms with Gasteiger partial charge in [-0.15, -0.1) is 0 Å². The molecule has 7 nitrogen and oxygen atoms in total. The number of hydrogen-bond donors (Lipinski definition) is 2. The van der Waals surface area contributed by atoms with Crippen molar-refractivity contribution >= 4 is 15.9 Å². The zero-order chi connectivity index (χ0) is 17.4. The normalized spacial score (nSPS) is 35.2. The van der Waals surface area contributed by atoms with E-state index in [0.29, 0.717) is 6.04 Å². The smallest absolute Gasteiger partial charge is 0.237 e. The van der Waals surface area contributed by atoms with Gasteiger partial charge in [0.2, 0.25) is 15.9 Å². The first-order chi connectivity index (χ1) is 11.3. The van der Waals surface area contributed by atoms with Crippen LogP contribution in [0.2, 0.25) is 0 Å². The highest BCUT2D eigenvalue weighted by Gasteiger charge is 2.52. The molecule has 24 heavy (non-hydrogen) atoms. The summed E-state index contributed by atoms with van der Waals surface area (Å²) in [5.41, 5.74) is 5.26. The minimum absolute atomic E-state index is 0.00902. The Kier molecular flexibility index (Phi) is 5.20. The lowest BCUT2D eigenvalue weighted by molar-refractivity contribution is -0.130. The zero-order valence-corrected chi connectivity index (χ0v) is 15.2. The first-order valence-corrected chi connectivity index (χ1v) is 10.8. The van der Waals surface area contributed by atoms with Crippen LogP contribution in [0.3, 0.4) is 0 Å². The number of nitrogens with two attached hydrogens (primary N) is 1. The molecule has 2 bridgehead atoms. The average molecular weight is 358 g/mol. The van der Waals surface area contributed by atoms with E-state index in [4.69, 9.17) is 5.73 Å². The van der Waals surface area contributed by atoms with E-state index in [0.717, 1.165) is 64.7 Å². The summed E-state index contributed by atoms with van der Waals surface area (Å²) >= 11 is 0. The van der Waals surface area contributed by atoms with Gasteiger partial charge in [-0.25, -0.2) is 13.1 Å². The van der Waals surface area contributed by atoms with Gasteiger partial charge >= 0.3 is 0 Å². The van der Waals surface area contributed by atoms with E-state index in [1.165, 1.54) is 6.26 Å². The number of nitrogens with zero attached hydrogens (tertiary/aromatic N) is 2. The fraction of sp³-hybridized carbons (Fsp3) is 0.875. The van der Waals surface area contributed by atoms with Crippen molar-refractivity contribution in [1.82, 2.24) is 14.5 Å². The van der Waals surface area contributed by atoms with Crippen molar-refractivity contribution in [1.29, 1.82) is 0 Å². The minimum Gasteiger partial charge on any atom is -0.368 e. The maximum atomic E-state index is 12.1. The molecule has 3 atom stereocenters. The van der Waals surface area contributed by atoms with Crippen LogP contribution in [0.25, 0.3) is 0 Å². The number of carbonyl (C=O) groups excluding carboxylic acids is 1. The van der Waals surface area contributed by atoms with E-state index in [1.54, 1.807) is 0 Å². The molecule has 3 heterocycles. The van der Waals surface area contributed by atoms with Crippen molar-refractivity contribution in [2.75, 3.05) is 32.4 Å². The van der Waals surface area contributed by atoms with Crippen LogP contribution in [-0.2, 0) is 14.8 Å². The van der Waals surface area contributed by atoms with Crippen LogP contribution in [0.4, 0.5) is 0 Å². The third-order valence-electron chi connectivity index (χ3n) is 5.80. The van der Waals surface area contributed by atoms with Crippen LogP contribution in [0.15, 0.2) is 0 Å². The molecule has 0 aliphatic carbocycles. The molecule has 3 rings (SSSR count). The minimum atomic E-state index is -3.16. The predicted octanol–water partition coefficient (Wildman–Crippen LogP) is -0.313. The summed E-state index contributed by atoms with van der Waals surface area (Å²) in [4.78, 5) is 16.7. The summed E-state index contributed by atoms with van der Waals surface area (Å²) in [5.74, 6) is -0.198. The van der Waals surface area contributed by atoms with Gasteiger partial charge in [0.25, 0.3) is 0 Å². The second kappa shape index (κ2) is 6.90. The van der Waals surface area contributed by atoms with E-state index >= 15 is 0 Å². The molecule has 3 saturated heterocycles. The Morgan fingerprint density at radius 2 is 2.17 bits per heavy atom. The molecule has 1 amide bonds. The summed E-state index contributed by atoms with van der Waals surface area (Å²) in [7, 11) is -3.16. The highest BCUT2D eigenvalue weighted by atomic mass is 32.2. The number of primary amides is 1. The van der Waals surface area contributed by atoms with Crippen molar-refractivity contribution in [2.24, 2.45) is 5.73 Å². The molecule has 1 unspecified atom stereocenters. The number of hydrogen-bond acceptors (Lipinski definition) is 5. The maximum absolute atomic E-state index is 12.1. The number of fused-ring (bicyclic) bond motifs is 2. The number of rotatable bonds is 6. The summed E-state index contributed by atoms with van der Waals surface area (Å²) in [5, 5.41) is 0. The van der Waals surface area contributed by atoms with Crippen molar-refractivity contribution in [2.45, 2.75) is 56.1 Å². The Balaban J connectivity index is 1.58. The van der Waals surface area contributed by atoms with Crippen molar-refractivity contribution in [3.05, 3.63) is 6.42 Å². The molecule has 0 spiro atoms. The number of likely N-dealkylation sites (tertiary alicyclic amines) is 1. The molecule has 3 aliphatic rings. The average Bonchev–Trinajstić information content (AvgIpc) is 2.69. The highest BCUT2D eigenvalue weighted by Crippen LogP contribution is 2.43. The largest absolute Gasteiger partial charge is 0.368 e. The van der Waals surface area contributed by atoms with Gasteiger partial charge in [0.15, 0.2) is 0 Å². The van der Waals surface area contributed by atoms with Crippen molar-refractivity contribution < 1.29 is 13.2 Å². The number of amides is 1. The molecule has 3 aliphatic heterocycles. The van der Waals surface area contributed by atoms with Gasteiger partial charge in [-0.05, 0) is 51.5 Å². The number of nitrogens with one attached hydrogen (secondary N) is 1. The lowest BCUT2D eigenvalue weighted by Crippen LogP contribution is -2.60. The molecular formula is C16H29N4O3S. The van der Waals surface area contributed by atoms with Gasteiger partial charge in [-0.1, -0.05) is 0 Å². The Bertz CT molecular complexity index is 578. The monoisotopic (exact) mass is 357 g/mol. The van der Waals surface area contributed by atoms with Gasteiger partial charge in [0, 0.05) is 31.7 Å². The second-order valence-corrected chi connectivity index (χ2v) is 9.32. The Hall–Kier alpha value is -0.700. The SMILES string of the molecule is CS(=O)(=O)NC1CCCN(CCN2[C@@H]3C[CH]C[C@@]2(C(N)=O)CC3)C1. The Morgan fingerprint density at radius 1 is 1.38 bits per heavy atom. The molecule has 8 heteroatoms. The molecule has 0 aromatic carbocycles. The molecule has 3 N–H and O–H groups in total. The quantitative estimate of drug-likeness (QED) is 0.680. The standard InChI is InChI=1S/C16H29N4O3S/c1-24(22,23)18-13-4-3-9-19(12-13)10-11-20-14-5-2-7-16(20,8-6-14)15(17)21/h2,13-14,18H,3-12H2,1H3,(H2,17,21)/t13?,14-,16+/m1/s1. The van der Waals surface area contributed by atoms with E-state index in [9.17, 15) is 13.2 Å². The fourth-order valence-corrected chi connectivity index (χ4v) is 5.50. The van der Waals surface area contributed by atoms with Gasteiger partial charge in [0.05, 0.1) is 6.26 Å². The van der Waals surface area contributed by atoms with Crippen LogP contribution in [-0.4, -0.2) is 74.2 Å². The second-order valence-electron chi connectivity index (χ2n) is 7.54. The first kappa shape index (κ1) is 18.1. The summed E-state index contributed by atoms with van der Waals surface area (Å²) in [6.07, 6.45) is 9.00. The van der Waals surface area contributed by atoms with E-state index in [-0.39, 0.29) is 11.9 Å². The first-order valence-electron chi connectivity index (χ1n) is 8.88. The van der Waals surface area contributed by atoms with Crippen molar-refractivity contribution in [3.63, 3.8) is 0 Å². The molecule has 3 fully saturated rings. The summed E-state index contributed by atoms with van der Waals surface area (Å²) < 4.78 is 25.6. The molecule has 0 aromatic rings. The zero-order valence-electron chi connectivity index (χ0n) is 14.4. The third-order valence-corrected chi connectivity index (χ3v) is 6.57. The lowest BCUT2D eigenvalue weighted by atomic mass is 9.87. The maximum Gasteiger partial charge on any atom is 0.237 e. The van der Waals surface area contributed by atoms with E-state index in [1.807, 2.05) is 0 Å². The Morgan fingerprint density at radius 3 is 2.88 bits per heavy atom. The molecule has 0 saturated carbocycles. The number of sulfonamides is 1. The lowest BCUT2D eigenvalue weighted by Gasteiger charge is -2.44. The third kappa shape index (κ3) is 3.76. The van der Waals surface area contributed by atoms with E-state index < -0.39 is 15.6 Å². The molecule has 1 radical (unpaired) electrons. The van der Waals surface area contributed by atoms with Gasteiger partial charge in [-0.2, -0.15) is 0 Å². The summed E-state index contributed by atoms with van der Waals surface area (Å²) in [6, 6.07) is 0.422. The van der Waals surface area contributed by atoms with Gasteiger partial charge in [0.1, 0.15) is 5.54 Å². The molecule has 137 valence electrons. The van der Waals surface area contributed by atoms with Crippen LogP contribution in [0.1, 0.15) is 38.5 Å². The predicted molar refractivity (Wildman–Crippen MR) is 92.6 cm³/mol. The molecule has 0 aromatic heterocycles. The number of carbonyl (C=O) groups is 1. The van der Waals surface area contributed by atoms with Gasteiger partial charge in [-0.3, -0.25) is 9.69 Å². The van der Waals surface area contributed by atoms with Gasteiger partial charge < -0.3 is 10.6 Å². The fourth-order valence-electron chi connectivity index (χ4n) is 4.70. The number of piperidine rings is 2. The Labute approximate surface area is 145 Å². The topological polar surface area (TPSA) is 95.7 Å². The van der Waals surface area contributed by atoms with Crippen LogP contribution >= 0.6 is 0 Å². The highest BCUT2D eigenvalue weighted by molar-refractivity contribution is 7.88. The molecular weight excluding hydrogens is 328 g/mol. The summed E-state index contributed by atoms with van der Waals surface area (Å²) in [6.45, 7) is 3.40. The van der Waals surface area contributed by atoms with Crippen LogP contribution in [0.5, 0.6) is 0 Å². The van der Waals surface area contributed by atoms with Crippen molar-refractivity contribution in [3.8, 4) is 0 Å². The van der Waals surface area contributed by atoms with E-state index in [2.05, 4.69) is 20.9 Å².